The van der Waals surface area contributed by atoms with Crippen molar-refractivity contribution in [3.05, 3.63) is 89.3 Å². The number of aromatic hydroxyl groups is 1. The van der Waals surface area contributed by atoms with Gasteiger partial charge in [-0.2, -0.15) is 0 Å². The first-order valence-corrected chi connectivity index (χ1v) is 8.21. The molecule has 26 heavy (non-hydrogen) atoms. The van der Waals surface area contributed by atoms with Crippen molar-refractivity contribution in [1.82, 2.24) is 4.57 Å². The highest BCUT2D eigenvalue weighted by Gasteiger charge is 2.17. The van der Waals surface area contributed by atoms with E-state index in [2.05, 4.69) is 5.18 Å². The summed E-state index contributed by atoms with van der Waals surface area (Å²) >= 11 is 0. The highest BCUT2D eigenvalue weighted by atomic mass is 16.5. The summed E-state index contributed by atoms with van der Waals surface area (Å²) in [6.45, 7) is 0.397. The second-order valence-electron chi connectivity index (χ2n) is 5.93. The molecule has 1 N–H and O–H groups in total. The fourth-order valence-corrected chi connectivity index (χ4v) is 3.04. The van der Waals surface area contributed by atoms with E-state index in [0.717, 1.165) is 16.8 Å². The maximum atomic E-state index is 11.1. The third kappa shape index (κ3) is 2.91. The normalized spacial score (nSPS) is 10.8. The lowest BCUT2D eigenvalue weighted by molar-refractivity contribution is 0.429. The van der Waals surface area contributed by atoms with Crippen LogP contribution >= 0.6 is 0 Å². The predicted octanol–water partition coefficient (Wildman–Crippen LogP) is 5.59. The Morgan fingerprint density at radius 3 is 2.42 bits per heavy atom. The highest BCUT2D eigenvalue weighted by Crippen LogP contribution is 2.38. The van der Waals surface area contributed by atoms with Crippen molar-refractivity contribution in [3.63, 3.8) is 0 Å². The zero-order chi connectivity index (χ0) is 17.9. The van der Waals surface area contributed by atoms with Gasteiger partial charge in [0.25, 0.3) is 0 Å². The molecule has 0 saturated carbocycles. The van der Waals surface area contributed by atoms with Crippen LogP contribution in [0.25, 0.3) is 10.9 Å². The molecule has 0 bridgehead atoms. The molecule has 5 nitrogen and oxygen atoms in total. The number of fused-ring (bicyclic) bond motifs is 1. The zero-order valence-electron chi connectivity index (χ0n) is 13.9. The van der Waals surface area contributed by atoms with Crippen molar-refractivity contribution in [2.45, 2.75) is 6.54 Å². The molecule has 3 aromatic carbocycles. The Kier molecular flexibility index (Phi) is 4.11. The molecule has 0 aliphatic rings. The van der Waals surface area contributed by atoms with Crippen molar-refractivity contribution < 1.29 is 9.84 Å². The van der Waals surface area contributed by atoms with Crippen LogP contribution in [0.1, 0.15) is 5.56 Å². The molecule has 0 spiro atoms. The fourth-order valence-electron chi connectivity index (χ4n) is 3.04. The molecule has 0 atom stereocenters. The van der Waals surface area contributed by atoms with E-state index < -0.39 is 0 Å². The van der Waals surface area contributed by atoms with Gasteiger partial charge in [0.1, 0.15) is 11.5 Å². The number of nitrogens with zero attached hydrogens (tertiary/aromatic N) is 2. The van der Waals surface area contributed by atoms with Gasteiger partial charge in [-0.25, -0.2) is 0 Å². The Hall–Kier alpha value is -3.60. The maximum absolute atomic E-state index is 11.1. The molecule has 0 amide bonds. The Balaban J connectivity index is 1.68. The van der Waals surface area contributed by atoms with Crippen molar-refractivity contribution in [2.24, 2.45) is 5.18 Å². The van der Waals surface area contributed by atoms with Crippen LogP contribution in [0.2, 0.25) is 0 Å². The predicted molar refractivity (Wildman–Crippen MR) is 101 cm³/mol. The summed E-state index contributed by atoms with van der Waals surface area (Å²) < 4.78 is 7.53. The Morgan fingerprint density at radius 2 is 1.62 bits per heavy atom. The standard InChI is InChI=1S/C21H16N2O3/c24-21-20(22-25)18-11-4-5-12-19(18)23(21)14-15-7-6-10-17(13-15)26-16-8-2-1-3-9-16/h1-13,24H,14H2. The smallest absolute Gasteiger partial charge is 0.222 e. The molecule has 128 valence electrons. The number of hydrogen-bond acceptors (Lipinski definition) is 4. The minimum absolute atomic E-state index is 0.0669. The van der Waals surface area contributed by atoms with Crippen LogP contribution in [0.4, 0.5) is 5.69 Å². The van der Waals surface area contributed by atoms with Gasteiger partial charge in [-0.15, -0.1) is 4.91 Å². The van der Waals surface area contributed by atoms with Crippen LogP contribution in [0.3, 0.4) is 0 Å². The maximum Gasteiger partial charge on any atom is 0.222 e. The molecular weight excluding hydrogens is 328 g/mol. The van der Waals surface area contributed by atoms with Gasteiger partial charge in [0.2, 0.25) is 5.88 Å². The quantitative estimate of drug-likeness (QED) is 0.480. The second-order valence-corrected chi connectivity index (χ2v) is 5.93. The van der Waals surface area contributed by atoms with E-state index in [-0.39, 0.29) is 11.6 Å². The third-order valence-electron chi connectivity index (χ3n) is 4.23. The summed E-state index contributed by atoms with van der Waals surface area (Å²) in [5.41, 5.74) is 1.76. The number of hydrogen-bond donors (Lipinski definition) is 1. The second kappa shape index (κ2) is 6.72. The monoisotopic (exact) mass is 344 g/mol. The van der Waals surface area contributed by atoms with E-state index in [9.17, 15) is 10.0 Å². The number of rotatable bonds is 5. The fraction of sp³-hybridized carbons (Fsp3) is 0.0476. The lowest BCUT2D eigenvalue weighted by atomic mass is 10.2. The van der Waals surface area contributed by atoms with Crippen LogP contribution < -0.4 is 4.74 Å². The van der Waals surface area contributed by atoms with Crippen LogP contribution in [0, 0.1) is 4.91 Å². The summed E-state index contributed by atoms with van der Waals surface area (Å²) in [6, 6.07) is 24.5. The highest BCUT2D eigenvalue weighted by molar-refractivity contribution is 5.95. The first kappa shape index (κ1) is 15.9. The van der Waals surface area contributed by atoms with Crippen LogP contribution in [-0.4, -0.2) is 9.67 Å². The molecule has 0 aliphatic carbocycles. The molecule has 5 heteroatoms. The first-order chi connectivity index (χ1) is 12.8. The molecule has 4 aromatic rings. The first-order valence-electron chi connectivity index (χ1n) is 8.21. The minimum Gasteiger partial charge on any atom is -0.493 e. The molecule has 0 saturated heterocycles. The number of para-hydroxylation sites is 2. The van der Waals surface area contributed by atoms with Crippen molar-refractivity contribution >= 4 is 16.6 Å². The van der Waals surface area contributed by atoms with Gasteiger partial charge in [-0.05, 0) is 41.1 Å². The summed E-state index contributed by atoms with van der Waals surface area (Å²) in [5, 5.41) is 14.0. The molecular formula is C21H16N2O3. The summed E-state index contributed by atoms with van der Waals surface area (Å²) in [5.74, 6) is 1.33. The molecule has 0 unspecified atom stereocenters. The Morgan fingerprint density at radius 1 is 0.885 bits per heavy atom. The van der Waals surface area contributed by atoms with E-state index in [4.69, 9.17) is 4.74 Å². The number of nitroso groups, excluding NO2 is 1. The van der Waals surface area contributed by atoms with Crippen molar-refractivity contribution in [2.75, 3.05) is 0 Å². The van der Waals surface area contributed by atoms with E-state index in [0.29, 0.717) is 17.7 Å². The van der Waals surface area contributed by atoms with Crippen LogP contribution in [-0.2, 0) is 6.54 Å². The molecule has 0 fully saturated rings. The SMILES string of the molecule is O=Nc1c(O)n(Cc2cccc(Oc3ccccc3)c2)c2ccccc12. The van der Waals surface area contributed by atoms with Gasteiger partial charge in [0, 0.05) is 5.39 Å². The Bertz CT molecular complexity index is 1070. The third-order valence-corrected chi connectivity index (χ3v) is 4.23. The lowest BCUT2D eigenvalue weighted by Gasteiger charge is -2.10. The van der Waals surface area contributed by atoms with Gasteiger partial charge < -0.3 is 14.4 Å². The molecule has 1 heterocycles. The molecule has 0 radical (unpaired) electrons. The minimum atomic E-state index is -0.129. The summed E-state index contributed by atoms with van der Waals surface area (Å²) in [7, 11) is 0. The van der Waals surface area contributed by atoms with E-state index in [1.54, 1.807) is 10.6 Å². The Labute approximate surface area is 150 Å². The van der Waals surface area contributed by atoms with Gasteiger partial charge in [-0.1, -0.05) is 48.5 Å². The van der Waals surface area contributed by atoms with Crippen LogP contribution in [0.15, 0.2) is 84.0 Å². The van der Waals surface area contributed by atoms with Gasteiger partial charge in [0.15, 0.2) is 5.69 Å². The van der Waals surface area contributed by atoms with Crippen molar-refractivity contribution in [1.29, 1.82) is 0 Å². The number of benzene rings is 3. The largest absolute Gasteiger partial charge is 0.493 e. The van der Waals surface area contributed by atoms with Crippen molar-refractivity contribution in [3.8, 4) is 17.4 Å². The van der Waals surface area contributed by atoms with E-state index in [1.807, 2.05) is 72.8 Å². The average molecular weight is 344 g/mol. The average Bonchev–Trinajstić information content (AvgIpc) is 2.94. The number of ether oxygens (including phenoxy) is 1. The van der Waals surface area contributed by atoms with Gasteiger partial charge >= 0.3 is 0 Å². The molecule has 1 aromatic heterocycles. The zero-order valence-corrected chi connectivity index (χ0v) is 13.9. The molecule has 4 rings (SSSR count). The van der Waals surface area contributed by atoms with Gasteiger partial charge in [-0.3, -0.25) is 0 Å². The summed E-state index contributed by atoms with van der Waals surface area (Å²) in [4.78, 5) is 11.1. The van der Waals surface area contributed by atoms with Gasteiger partial charge in [0.05, 0.1) is 12.1 Å². The number of aromatic nitrogens is 1. The summed E-state index contributed by atoms with van der Waals surface area (Å²) in [6.07, 6.45) is 0. The van der Waals surface area contributed by atoms with Crippen LogP contribution in [0.5, 0.6) is 17.4 Å². The molecule has 0 aliphatic heterocycles. The lowest BCUT2D eigenvalue weighted by Crippen LogP contribution is -1.99. The van der Waals surface area contributed by atoms with E-state index >= 15 is 0 Å². The van der Waals surface area contributed by atoms with E-state index in [1.165, 1.54) is 0 Å². The topological polar surface area (TPSA) is 63.8 Å².